The maximum Gasteiger partial charge on any atom is 0.344 e. The molecule has 1 aliphatic heterocycles. The minimum atomic E-state index is -0.395. The zero-order valence-electron chi connectivity index (χ0n) is 7.61. The van der Waals surface area contributed by atoms with Gasteiger partial charge in [0, 0.05) is 11.6 Å². The number of hydrogen-bond acceptors (Lipinski definition) is 3. The SMILES string of the molecule is CC(=O)/C=C1\OC(=O)c2ccccc21. The van der Waals surface area contributed by atoms with E-state index < -0.39 is 5.97 Å². The number of ether oxygens (including phenoxy) is 1. The van der Waals surface area contributed by atoms with Crippen molar-refractivity contribution in [2.45, 2.75) is 6.92 Å². The van der Waals surface area contributed by atoms with Crippen LogP contribution < -0.4 is 0 Å². The highest BCUT2D eigenvalue weighted by Gasteiger charge is 2.25. The Kier molecular flexibility index (Phi) is 1.93. The van der Waals surface area contributed by atoms with E-state index in [4.69, 9.17) is 4.74 Å². The molecular formula is C11H8O3. The van der Waals surface area contributed by atoms with E-state index in [1.54, 1.807) is 24.3 Å². The van der Waals surface area contributed by atoms with E-state index in [9.17, 15) is 9.59 Å². The first-order valence-electron chi connectivity index (χ1n) is 4.22. The van der Waals surface area contributed by atoms with E-state index in [0.717, 1.165) is 0 Å². The van der Waals surface area contributed by atoms with Gasteiger partial charge in [0.15, 0.2) is 5.78 Å². The number of carbonyl (C=O) groups is 2. The Morgan fingerprint density at radius 3 is 2.57 bits per heavy atom. The summed E-state index contributed by atoms with van der Waals surface area (Å²) in [5.41, 5.74) is 1.20. The molecular weight excluding hydrogens is 180 g/mol. The molecule has 2 rings (SSSR count). The van der Waals surface area contributed by atoms with Crippen LogP contribution in [0.4, 0.5) is 0 Å². The second-order valence-corrected chi connectivity index (χ2v) is 3.05. The van der Waals surface area contributed by atoms with Crippen LogP contribution in [0.1, 0.15) is 22.8 Å². The maximum atomic E-state index is 11.3. The van der Waals surface area contributed by atoms with Gasteiger partial charge in [0.2, 0.25) is 0 Å². The van der Waals surface area contributed by atoms with Crippen molar-refractivity contribution >= 4 is 17.5 Å². The summed E-state index contributed by atoms with van der Waals surface area (Å²) in [4.78, 5) is 22.1. The summed E-state index contributed by atoms with van der Waals surface area (Å²) in [5, 5.41) is 0. The number of rotatable bonds is 1. The molecule has 0 saturated heterocycles. The monoisotopic (exact) mass is 188 g/mol. The van der Waals surface area contributed by atoms with E-state index in [-0.39, 0.29) is 5.78 Å². The van der Waals surface area contributed by atoms with Gasteiger partial charge in [-0.25, -0.2) is 4.79 Å². The van der Waals surface area contributed by atoms with Crippen LogP contribution in [0.5, 0.6) is 0 Å². The first-order chi connectivity index (χ1) is 6.68. The van der Waals surface area contributed by atoms with Gasteiger partial charge in [-0.05, 0) is 13.0 Å². The summed E-state index contributed by atoms with van der Waals surface area (Å²) < 4.78 is 4.94. The third-order valence-corrected chi connectivity index (χ3v) is 1.95. The van der Waals surface area contributed by atoms with Crippen molar-refractivity contribution < 1.29 is 14.3 Å². The van der Waals surface area contributed by atoms with Crippen LogP contribution in [0.25, 0.3) is 5.76 Å². The Morgan fingerprint density at radius 2 is 1.93 bits per heavy atom. The van der Waals surface area contributed by atoms with Gasteiger partial charge in [0.05, 0.1) is 5.56 Å². The van der Waals surface area contributed by atoms with Crippen LogP contribution in [0.3, 0.4) is 0 Å². The predicted molar refractivity (Wildman–Crippen MR) is 50.5 cm³/mol. The standard InChI is InChI=1S/C11H8O3/c1-7(12)6-10-8-4-2-3-5-9(8)11(13)14-10/h2-6H,1H3/b10-6-. The van der Waals surface area contributed by atoms with E-state index in [2.05, 4.69) is 0 Å². The Morgan fingerprint density at radius 1 is 1.29 bits per heavy atom. The molecule has 3 heteroatoms. The molecule has 1 aliphatic rings. The maximum absolute atomic E-state index is 11.3. The molecule has 0 bridgehead atoms. The van der Waals surface area contributed by atoms with Crippen LogP contribution >= 0.6 is 0 Å². The van der Waals surface area contributed by atoms with Crippen LogP contribution in [0.15, 0.2) is 30.3 Å². The Hall–Kier alpha value is -1.90. The fourth-order valence-corrected chi connectivity index (χ4v) is 1.38. The summed E-state index contributed by atoms with van der Waals surface area (Å²) >= 11 is 0. The van der Waals surface area contributed by atoms with Crippen LogP contribution in [0.2, 0.25) is 0 Å². The van der Waals surface area contributed by atoms with Gasteiger partial charge in [-0.3, -0.25) is 4.79 Å². The zero-order chi connectivity index (χ0) is 10.1. The summed E-state index contributed by atoms with van der Waals surface area (Å²) in [7, 11) is 0. The summed E-state index contributed by atoms with van der Waals surface area (Å²) in [6.07, 6.45) is 1.32. The Labute approximate surface area is 81.0 Å². The molecule has 0 atom stereocenters. The number of fused-ring (bicyclic) bond motifs is 1. The normalized spacial score (nSPS) is 16.6. The number of hydrogen-bond donors (Lipinski definition) is 0. The fraction of sp³-hybridized carbons (Fsp3) is 0.0909. The topological polar surface area (TPSA) is 43.4 Å². The Bertz CT molecular complexity index is 444. The smallest absolute Gasteiger partial charge is 0.344 e. The predicted octanol–water partition coefficient (Wildman–Crippen LogP) is 1.79. The number of ketones is 1. The van der Waals surface area contributed by atoms with Crippen molar-refractivity contribution in [3.63, 3.8) is 0 Å². The average molecular weight is 188 g/mol. The third kappa shape index (κ3) is 1.33. The fourth-order valence-electron chi connectivity index (χ4n) is 1.38. The molecule has 0 spiro atoms. The summed E-state index contributed by atoms with van der Waals surface area (Å²) in [6.45, 7) is 1.42. The van der Waals surface area contributed by atoms with Crippen molar-refractivity contribution in [3.8, 4) is 0 Å². The number of cyclic esters (lactones) is 1. The van der Waals surface area contributed by atoms with Crippen LogP contribution in [-0.4, -0.2) is 11.8 Å². The molecule has 0 fully saturated rings. The second kappa shape index (κ2) is 3.10. The molecule has 0 N–H and O–H groups in total. The molecule has 1 aromatic carbocycles. The lowest BCUT2D eigenvalue weighted by molar-refractivity contribution is -0.112. The van der Waals surface area contributed by atoms with Gasteiger partial charge in [-0.1, -0.05) is 18.2 Å². The largest absolute Gasteiger partial charge is 0.422 e. The van der Waals surface area contributed by atoms with Gasteiger partial charge >= 0.3 is 5.97 Å². The van der Waals surface area contributed by atoms with Gasteiger partial charge in [-0.15, -0.1) is 0 Å². The number of benzene rings is 1. The lowest BCUT2D eigenvalue weighted by atomic mass is 10.1. The first kappa shape index (κ1) is 8.69. The molecule has 0 aliphatic carbocycles. The van der Waals surface area contributed by atoms with Gasteiger partial charge in [0.25, 0.3) is 0 Å². The summed E-state index contributed by atoms with van der Waals surface area (Å²) in [5.74, 6) is -0.185. The highest BCUT2D eigenvalue weighted by Crippen LogP contribution is 2.28. The van der Waals surface area contributed by atoms with Crippen LogP contribution in [-0.2, 0) is 9.53 Å². The first-order valence-corrected chi connectivity index (χ1v) is 4.22. The molecule has 0 unspecified atom stereocenters. The highest BCUT2D eigenvalue weighted by atomic mass is 16.5. The number of esters is 1. The zero-order valence-corrected chi connectivity index (χ0v) is 7.61. The Balaban J connectivity index is 2.54. The van der Waals surface area contributed by atoms with Crippen molar-refractivity contribution in [2.75, 3.05) is 0 Å². The molecule has 3 nitrogen and oxygen atoms in total. The van der Waals surface area contributed by atoms with Crippen molar-refractivity contribution in [1.29, 1.82) is 0 Å². The molecule has 14 heavy (non-hydrogen) atoms. The molecule has 0 aromatic heterocycles. The lowest BCUT2D eigenvalue weighted by Crippen LogP contribution is -1.92. The molecule has 70 valence electrons. The molecule has 0 amide bonds. The van der Waals surface area contributed by atoms with E-state index >= 15 is 0 Å². The van der Waals surface area contributed by atoms with E-state index in [0.29, 0.717) is 16.9 Å². The molecule has 1 aromatic rings. The minimum absolute atomic E-state index is 0.135. The van der Waals surface area contributed by atoms with E-state index in [1.807, 2.05) is 0 Å². The minimum Gasteiger partial charge on any atom is -0.422 e. The van der Waals surface area contributed by atoms with Gasteiger partial charge in [0.1, 0.15) is 5.76 Å². The van der Waals surface area contributed by atoms with Crippen molar-refractivity contribution in [3.05, 3.63) is 41.5 Å². The van der Waals surface area contributed by atoms with Gasteiger partial charge < -0.3 is 4.74 Å². The second-order valence-electron chi connectivity index (χ2n) is 3.05. The third-order valence-electron chi connectivity index (χ3n) is 1.95. The molecule has 1 heterocycles. The lowest BCUT2D eigenvalue weighted by Gasteiger charge is -1.94. The number of allylic oxidation sites excluding steroid dienone is 1. The molecule has 0 saturated carbocycles. The summed E-state index contributed by atoms with van der Waals surface area (Å²) in [6, 6.07) is 7.00. The van der Waals surface area contributed by atoms with Crippen molar-refractivity contribution in [1.82, 2.24) is 0 Å². The average Bonchev–Trinajstić information content (AvgIpc) is 2.44. The molecule has 0 radical (unpaired) electrons. The van der Waals surface area contributed by atoms with Gasteiger partial charge in [-0.2, -0.15) is 0 Å². The van der Waals surface area contributed by atoms with E-state index in [1.165, 1.54) is 13.0 Å². The highest BCUT2D eigenvalue weighted by molar-refractivity contribution is 6.06. The number of carbonyl (C=O) groups excluding carboxylic acids is 2. The van der Waals surface area contributed by atoms with Crippen molar-refractivity contribution in [2.24, 2.45) is 0 Å². The van der Waals surface area contributed by atoms with Crippen LogP contribution in [0, 0.1) is 0 Å². The quantitative estimate of drug-likeness (QED) is 0.498.